The van der Waals surface area contributed by atoms with Crippen molar-refractivity contribution in [2.24, 2.45) is 0 Å². The van der Waals surface area contributed by atoms with Crippen molar-refractivity contribution in [1.82, 2.24) is 0 Å². The van der Waals surface area contributed by atoms with Gasteiger partial charge in [0.25, 0.3) is 0 Å². The summed E-state index contributed by atoms with van der Waals surface area (Å²) in [7, 11) is 0. The number of allylic oxidation sites excluding steroid dienone is 4. The van der Waals surface area contributed by atoms with Crippen LogP contribution in [-0.2, 0) is 0 Å². The third-order valence-corrected chi connectivity index (χ3v) is 1.75. The average Bonchev–Trinajstić information content (AvgIpc) is 1.97. The highest BCUT2D eigenvalue weighted by atomic mass is 79.9. The average molecular weight is 221 g/mol. The van der Waals surface area contributed by atoms with Crippen molar-refractivity contribution in [3.63, 3.8) is 0 Å². The summed E-state index contributed by atoms with van der Waals surface area (Å²) in [5, 5.41) is 13.8. The molecule has 0 saturated heterocycles. The largest absolute Gasteiger partial charge is 0.296 e. The summed E-state index contributed by atoms with van der Waals surface area (Å²) in [5.41, 5.74) is -1.44. The molecule has 0 aromatic carbocycles. The fraction of sp³-hybridized carbons (Fsp3) is 0. The molecule has 1 aliphatic rings. The van der Waals surface area contributed by atoms with Crippen LogP contribution in [0.5, 0.6) is 0 Å². The van der Waals surface area contributed by atoms with Gasteiger partial charge in [-0.1, -0.05) is 0 Å². The second kappa shape index (κ2) is 2.65. The van der Waals surface area contributed by atoms with Crippen molar-refractivity contribution < 1.29 is 8.78 Å². The predicted octanol–water partition coefficient (Wildman–Crippen LogP) is 2.47. The van der Waals surface area contributed by atoms with E-state index >= 15 is 0 Å². The van der Waals surface area contributed by atoms with E-state index in [-0.39, 0.29) is 4.48 Å². The molecule has 58 valence electrons. The quantitative estimate of drug-likeness (QED) is 0.590. The Morgan fingerprint density at radius 1 is 1.18 bits per heavy atom. The van der Waals surface area contributed by atoms with Crippen LogP contribution in [-0.4, -0.2) is 11.4 Å². The van der Waals surface area contributed by atoms with E-state index in [9.17, 15) is 8.78 Å². The Morgan fingerprint density at radius 2 is 1.73 bits per heavy atom. The third kappa shape index (κ3) is 1.28. The molecule has 0 aromatic heterocycles. The first-order valence-electron chi connectivity index (χ1n) is 2.64. The lowest BCUT2D eigenvalue weighted by molar-refractivity contribution is 0.659. The molecule has 0 aromatic rings. The molecule has 0 atom stereocenters. The van der Waals surface area contributed by atoms with Crippen molar-refractivity contribution in [2.75, 3.05) is 0 Å². The van der Waals surface area contributed by atoms with E-state index in [1.807, 2.05) is 0 Å². The minimum Gasteiger partial charge on any atom is -0.296 e. The Bertz CT molecular complexity index is 300. The van der Waals surface area contributed by atoms with Gasteiger partial charge in [-0.05, 0) is 22.0 Å². The normalized spacial score (nSPS) is 19.0. The topological polar surface area (TPSA) is 47.7 Å². The molecule has 0 fully saturated rings. The van der Waals surface area contributed by atoms with Crippen LogP contribution in [0, 0.1) is 10.8 Å². The highest BCUT2D eigenvalue weighted by molar-refractivity contribution is 9.12. The Kier molecular flexibility index (Phi) is 1.99. The van der Waals surface area contributed by atoms with E-state index in [4.69, 9.17) is 10.8 Å². The molecule has 5 heteroatoms. The van der Waals surface area contributed by atoms with Gasteiger partial charge in [0.1, 0.15) is 11.4 Å². The maximum atomic E-state index is 12.7. The van der Waals surface area contributed by atoms with Gasteiger partial charge < -0.3 is 0 Å². The van der Waals surface area contributed by atoms with Gasteiger partial charge in [-0.25, -0.2) is 8.78 Å². The zero-order chi connectivity index (χ0) is 8.59. The minimum atomic E-state index is -0.906. The molecule has 0 spiro atoms. The standard InChI is InChI=1S/C6H3BrF2N2/c7-2-1-3(8)5(10)6(11)4(2)9/h1,10-11H. The summed E-state index contributed by atoms with van der Waals surface area (Å²) in [6.07, 6.45) is 0.829. The molecule has 0 amide bonds. The molecule has 11 heavy (non-hydrogen) atoms. The first-order valence-corrected chi connectivity index (χ1v) is 3.44. The molecule has 0 unspecified atom stereocenters. The Balaban J connectivity index is 3.22. The lowest BCUT2D eigenvalue weighted by Gasteiger charge is -2.07. The number of halogens is 3. The SMILES string of the molecule is N=C1C(=N)C(F)=C(Br)C=C1F. The number of rotatable bonds is 0. The van der Waals surface area contributed by atoms with Gasteiger partial charge in [-0.15, -0.1) is 0 Å². The summed E-state index contributed by atoms with van der Waals surface area (Å²) in [4.78, 5) is 0. The second-order valence-electron chi connectivity index (χ2n) is 1.90. The highest BCUT2D eigenvalue weighted by Crippen LogP contribution is 2.24. The first-order chi connectivity index (χ1) is 5.04. The van der Waals surface area contributed by atoms with Crippen LogP contribution in [0.25, 0.3) is 0 Å². The number of hydrogen-bond acceptors (Lipinski definition) is 2. The van der Waals surface area contributed by atoms with E-state index in [1.54, 1.807) is 0 Å². The fourth-order valence-corrected chi connectivity index (χ4v) is 0.995. The molecule has 0 saturated carbocycles. The fourth-order valence-electron chi connectivity index (χ4n) is 0.595. The minimum absolute atomic E-state index is 0.129. The Morgan fingerprint density at radius 3 is 2.27 bits per heavy atom. The summed E-state index contributed by atoms with van der Waals surface area (Å²) in [5.74, 6) is -1.81. The maximum Gasteiger partial charge on any atom is 0.164 e. The zero-order valence-corrected chi connectivity index (χ0v) is 6.80. The molecule has 0 bridgehead atoms. The van der Waals surface area contributed by atoms with Crippen molar-refractivity contribution >= 4 is 27.4 Å². The van der Waals surface area contributed by atoms with Gasteiger partial charge >= 0.3 is 0 Å². The van der Waals surface area contributed by atoms with E-state index in [0.717, 1.165) is 6.08 Å². The smallest absolute Gasteiger partial charge is 0.164 e. The van der Waals surface area contributed by atoms with Crippen molar-refractivity contribution in [2.45, 2.75) is 0 Å². The van der Waals surface area contributed by atoms with Crippen LogP contribution in [0.2, 0.25) is 0 Å². The molecule has 0 radical (unpaired) electrons. The van der Waals surface area contributed by atoms with Crippen LogP contribution in [0.15, 0.2) is 22.2 Å². The van der Waals surface area contributed by atoms with Crippen molar-refractivity contribution in [3.8, 4) is 0 Å². The highest BCUT2D eigenvalue weighted by Gasteiger charge is 2.22. The van der Waals surface area contributed by atoms with E-state index < -0.39 is 23.1 Å². The molecular weight excluding hydrogens is 218 g/mol. The number of hydrogen-bond donors (Lipinski definition) is 2. The van der Waals surface area contributed by atoms with Crippen LogP contribution < -0.4 is 0 Å². The van der Waals surface area contributed by atoms with Crippen molar-refractivity contribution in [3.05, 3.63) is 22.2 Å². The summed E-state index contributed by atoms with van der Waals surface area (Å²) in [6.45, 7) is 0. The van der Waals surface area contributed by atoms with Crippen molar-refractivity contribution in [1.29, 1.82) is 10.8 Å². The molecule has 2 N–H and O–H groups in total. The lowest BCUT2D eigenvalue weighted by atomic mass is 10.1. The Hall–Kier alpha value is -0.840. The van der Waals surface area contributed by atoms with Gasteiger partial charge in [-0.2, -0.15) is 0 Å². The van der Waals surface area contributed by atoms with E-state index in [2.05, 4.69) is 15.9 Å². The van der Waals surface area contributed by atoms with Crippen LogP contribution in [0.4, 0.5) is 8.78 Å². The third-order valence-electron chi connectivity index (χ3n) is 1.17. The first kappa shape index (κ1) is 8.26. The van der Waals surface area contributed by atoms with E-state index in [0.29, 0.717) is 0 Å². The monoisotopic (exact) mass is 220 g/mol. The predicted molar refractivity (Wildman–Crippen MR) is 41.7 cm³/mol. The summed E-state index contributed by atoms with van der Waals surface area (Å²) >= 11 is 2.71. The Labute approximate surface area is 69.7 Å². The van der Waals surface area contributed by atoms with Gasteiger partial charge in [0.2, 0.25) is 0 Å². The van der Waals surface area contributed by atoms with Crippen LogP contribution in [0.1, 0.15) is 0 Å². The molecule has 0 aliphatic heterocycles. The van der Waals surface area contributed by atoms with Crippen LogP contribution >= 0.6 is 15.9 Å². The van der Waals surface area contributed by atoms with Crippen LogP contribution in [0.3, 0.4) is 0 Å². The molecular formula is C6H3BrF2N2. The molecule has 1 rings (SSSR count). The van der Waals surface area contributed by atoms with Gasteiger partial charge in [-0.3, -0.25) is 10.8 Å². The number of nitrogens with one attached hydrogen (secondary N) is 2. The molecule has 2 nitrogen and oxygen atoms in total. The second-order valence-corrected chi connectivity index (χ2v) is 2.76. The summed E-state index contributed by atoms with van der Waals surface area (Å²) in [6, 6.07) is 0. The van der Waals surface area contributed by atoms with Gasteiger partial charge in [0.05, 0.1) is 4.48 Å². The lowest BCUT2D eigenvalue weighted by Crippen LogP contribution is -2.17. The van der Waals surface area contributed by atoms with E-state index in [1.165, 1.54) is 0 Å². The summed E-state index contributed by atoms with van der Waals surface area (Å²) < 4.78 is 25.0. The molecule has 1 aliphatic carbocycles. The zero-order valence-electron chi connectivity index (χ0n) is 5.21. The molecule has 0 heterocycles. The van der Waals surface area contributed by atoms with Gasteiger partial charge in [0.15, 0.2) is 11.7 Å². The maximum absolute atomic E-state index is 12.7. The van der Waals surface area contributed by atoms with Gasteiger partial charge in [0, 0.05) is 0 Å².